The van der Waals surface area contributed by atoms with Gasteiger partial charge in [0, 0.05) is 12.1 Å². The van der Waals surface area contributed by atoms with Crippen molar-refractivity contribution in [3.05, 3.63) is 17.0 Å². The van der Waals surface area contributed by atoms with Crippen LogP contribution in [0.4, 0.5) is 4.79 Å². The summed E-state index contributed by atoms with van der Waals surface area (Å²) < 4.78 is 4.97. The molecule has 1 aromatic heterocycles. The lowest BCUT2D eigenvalue weighted by Gasteiger charge is -2.14. The van der Waals surface area contributed by atoms with E-state index in [4.69, 9.17) is 9.63 Å². The van der Waals surface area contributed by atoms with E-state index in [1.165, 1.54) is 0 Å². The highest BCUT2D eigenvalue weighted by molar-refractivity contribution is 5.82. The van der Waals surface area contributed by atoms with Crippen LogP contribution in [0.15, 0.2) is 4.52 Å². The van der Waals surface area contributed by atoms with Crippen LogP contribution in [0, 0.1) is 13.8 Å². The van der Waals surface area contributed by atoms with Crippen molar-refractivity contribution < 1.29 is 19.2 Å². The zero-order valence-corrected chi connectivity index (χ0v) is 11.3. The smallest absolute Gasteiger partial charge is 0.326 e. The molecule has 106 valence electrons. The number of amides is 2. The zero-order chi connectivity index (χ0) is 14.4. The Morgan fingerprint density at radius 3 is 2.58 bits per heavy atom. The van der Waals surface area contributed by atoms with E-state index in [9.17, 15) is 9.59 Å². The average molecular weight is 269 g/mol. The molecular weight excluding hydrogens is 250 g/mol. The number of carboxylic acids is 1. The first-order chi connectivity index (χ1) is 8.95. The molecule has 0 aliphatic heterocycles. The second-order valence-electron chi connectivity index (χ2n) is 4.31. The monoisotopic (exact) mass is 269 g/mol. The van der Waals surface area contributed by atoms with Crippen molar-refractivity contribution in [2.45, 2.75) is 46.2 Å². The van der Waals surface area contributed by atoms with E-state index in [1.807, 2.05) is 6.92 Å². The number of aliphatic carboxylic acids is 1. The van der Waals surface area contributed by atoms with Gasteiger partial charge >= 0.3 is 12.0 Å². The Hall–Kier alpha value is -2.05. The number of hydrogen-bond donors (Lipinski definition) is 3. The molecule has 0 aliphatic rings. The van der Waals surface area contributed by atoms with Crippen LogP contribution in [0.3, 0.4) is 0 Å². The number of aromatic nitrogens is 1. The lowest BCUT2D eigenvalue weighted by atomic mass is 10.2. The zero-order valence-electron chi connectivity index (χ0n) is 11.3. The van der Waals surface area contributed by atoms with E-state index < -0.39 is 18.0 Å². The second kappa shape index (κ2) is 6.77. The first-order valence-electron chi connectivity index (χ1n) is 6.14. The van der Waals surface area contributed by atoms with Crippen LogP contribution in [0.2, 0.25) is 0 Å². The van der Waals surface area contributed by atoms with Gasteiger partial charge < -0.3 is 20.3 Å². The third-order valence-electron chi connectivity index (χ3n) is 2.79. The molecule has 0 spiro atoms. The third kappa shape index (κ3) is 4.27. The predicted octanol–water partition coefficient (Wildman–Crippen LogP) is 1.34. The minimum atomic E-state index is -1.03. The minimum absolute atomic E-state index is 0.255. The lowest BCUT2D eigenvalue weighted by molar-refractivity contribution is -0.139. The number of nitrogens with zero attached hydrogens (tertiary/aromatic N) is 1. The summed E-state index contributed by atoms with van der Waals surface area (Å²) in [4.78, 5) is 22.5. The Labute approximate surface area is 111 Å². The van der Waals surface area contributed by atoms with Gasteiger partial charge in [-0.25, -0.2) is 9.59 Å². The second-order valence-corrected chi connectivity index (χ2v) is 4.31. The maximum Gasteiger partial charge on any atom is 0.326 e. The summed E-state index contributed by atoms with van der Waals surface area (Å²) in [5, 5.41) is 17.7. The molecule has 0 aromatic carbocycles. The maximum atomic E-state index is 11.6. The molecule has 0 unspecified atom stereocenters. The van der Waals surface area contributed by atoms with Crippen molar-refractivity contribution in [3.63, 3.8) is 0 Å². The van der Waals surface area contributed by atoms with Crippen molar-refractivity contribution in [3.8, 4) is 0 Å². The molecule has 7 nitrogen and oxygen atoms in total. The number of carbonyl (C=O) groups is 2. The SMILES string of the molecule is CCC[C@H](NC(=O)NCc1c(C)noc1C)C(=O)O. The predicted molar refractivity (Wildman–Crippen MR) is 67.7 cm³/mol. The topological polar surface area (TPSA) is 104 Å². The number of rotatable bonds is 6. The number of aryl methyl sites for hydroxylation is 2. The third-order valence-corrected chi connectivity index (χ3v) is 2.79. The van der Waals surface area contributed by atoms with Gasteiger partial charge in [-0.05, 0) is 20.3 Å². The maximum absolute atomic E-state index is 11.6. The fourth-order valence-corrected chi connectivity index (χ4v) is 1.68. The van der Waals surface area contributed by atoms with Gasteiger partial charge in [0.05, 0.1) is 5.69 Å². The van der Waals surface area contributed by atoms with Crippen LogP contribution in [0.1, 0.15) is 36.8 Å². The Balaban J connectivity index is 2.49. The van der Waals surface area contributed by atoms with Gasteiger partial charge in [0.25, 0.3) is 0 Å². The van der Waals surface area contributed by atoms with E-state index in [-0.39, 0.29) is 6.54 Å². The fraction of sp³-hybridized carbons (Fsp3) is 0.583. The number of carboxylic acid groups (broad SMARTS) is 1. The number of nitrogens with one attached hydrogen (secondary N) is 2. The molecule has 1 aromatic rings. The molecule has 1 rings (SSSR count). The van der Waals surface area contributed by atoms with Crippen LogP contribution < -0.4 is 10.6 Å². The van der Waals surface area contributed by atoms with E-state index in [2.05, 4.69) is 15.8 Å². The van der Waals surface area contributed by atoms with Gasteiger partial charge in [-0.1, -0.05) is 18.5 Å². The van der Waals surface area contributed by atoms with Crippen molar-refractivity contribution in [1.82, 2.24) is 15.8 Å². The Morgan fingerprint density at radius 1 is 1.42 bits per heavy atom. The summed E-state index contributed by atoms with van der Waals surface area (Å²) >= 11 is 0. The molecule has 0 bridgehead atoms. The summed E-state index contributed by atoms with van der Waals surface area (Å²) in [7, 11) is 0. The number of urea groups is 1. The van der Waals surface area contributed by atoms with Gasteiger partial charge in [-0.2, -0.15) is 0 Å². The number of carbonyl (C=O) groups excluding carboxylic acids is 1. The Bertz CT molecular complexity index is 436. The normalized spacial score (nSPS) is 11.9. The summed E-state index contributed by atoms with van der Waals surface area (Å²) in [6, 6.07) is -1.38. The van der Waals surface area contributed by atoms with Crippen LogP contribution in [0.5, 0.6) is 0 Å². The fourth-order valence-electron chi connectivity index (χ4n) is 1.68. The Kier molecular flexibility index (Phi) is 5.35. The van der Waals surface area contributed by atoms with Gasteiger partial charge in [0.15, 0.2) is 0 Å². The molecule has 0 fully saturated rings. The molecule has 19 heavy (non-hydrogen) atoms. The van der Waals surface area contributed by atoms with Crippen LogP contribution in [-0.4, -0.2) is 28.3 Å². The van der Waals surface area contributed by atoms with Crippen molar-refractivity contribution in [1.29, 1.82) is 0 Å². The Morgan fingerprint density at radius 2 is 2.11 bits per heavy atom. The molecule has 3 N–H and O–H groups in total. The van der Waals surface area contributed by atoms with Crippen LogP contribution in [-0.2, 0) is 11.3 Å². The molecule has 2 amide bonds. The summed E-state index contributed by atoms with van der Waals surface area (Å²) in [6.07, 6.45) is 1.08. The molecule has 0 radical (unpaired) electrons. The highest BCUT2D eigenvalue weighted by Crippen LogP contribution is 2.11. The summed E-state index contributed by atoms with van der Waals surface area (Å²) in [5.74, 6) is -0.393. The number of hydrogen-bond acceptors (Lipinski definition) is 4. The van der Waals surface area contributed by atoms with Crippen LogP contribution >= 0.6 is 0 Å². The highest BCUT2D eigenvalue weighted by atomic mass is 16.5. The van der Waals surface area contributed by atoms with Gasteiger partial charge in [-0.3, -0.25) is 0 Å². The average Bonchev–Trinajstić information content (AvgIpc) is 2.66. The standard InChI is InChI=1S/C12H19N3O4/c1-4-5-10(11(16)17)14-12(18)13-6-9-7(2)15-19-8(9)3/h10H,4-6H2,1-3H3,(H,16,17)(H2,13,14,18)/t10-/m0/s1. The molecular formula is C12H19N3O4. The van der Waals surface area contributed by atoms with Crippen LogP contribution in [0.25, 0.3) is 0 Å². The van der Waals surface area contributed by atoms with Gasteiger partial charge in [0.2, 0.25) is 0 Å². The summed E-state index contributed by atoms with van der Waals surface area (Å²) in [6.45, 7) is 5.65. The molecule has 7 heteroatoms. The van der Waals surface area contributed by atoms with Crippen molar-refractivity contribution in [2.24, 2.45) is 0 Å². The molecule has 0 saturated carbocycles. The van der Waals surface area contributed by atoms with Gasteiger partial charge in [-0.15, -0.1) is 0 Å². The quantitative estimate of drug-likeness (QED) is 0.723. The molecule has 0 saturated heterocycles. The van der Waals surface area contributed by atoms with Crippen molar-refractivity contribution in [2.75, 3.05) is 0 Å². The first-order valence-corrected chi connectivity index (χ1v) is 6.14. The molecule has 1 heterocycles. The molecule has 0 aliphatic carbocycles. The van der Waals surface area contributed by atoms with E-state index in [0.29, 0.717) is 24.3 Å². The largest absolute Gasteiger partial charge is 0.480 e. The van der Waals surface area contributed by atoms with E-state index in [0.717, 1.165) is 5.56 Å². The first kappa shape index (κ1) is 15.0. The summed E-state index contributed by atoms with van der Waals surface area (Å²) in [5.41, 5.74) is 1.51. The molecule has 1 atom stereocenters. The van der Waals surface area contributed by atoms with E-state index in [1.54, 1.807) is 13.8 Å². The van der Waals surface area contributed by atoms with Gasteiger partial charge in [0.1, 0.15) is 11.8 Å². The van der Waals surface area contributed by atoms with E-state index >= 15 is 0 Å². The highest BCUT2D eigenvalue weighted by Gasteiger charge is 2.19. The van der Waals surface area contributed by atoms with Crippen molar-refractivity contribution >= 4 is 12.0 Å². The lowest BCUT2D eigenvalue weighted by Crippen LogP contribution is -2.45. The minimum Gasteiger partial charge on any atom is -0.480 e.